The van der Waals surface area contributed by atoms with Crippen LogP contribution in [0.4, 0.5) is 22.1 Å². The molecule has 1 saturated carbocycles. The van der Waals surface area contributed by atoms with Crippen LogP contribution < -0.4 is 21.1 Å². The van der Waals surface area contributed by atoms with Gasteiger partial charge in [0.2, 0.25) is 0 Å². The molecule has 12 heteroatoms. The number of ether oxygens (including phenoxy) is 1. The lowest BCUT2D eigenvalue weighted by Gasteiger charge is -2.34. The highest BCUT2D eigenvalue weighted by molar-refractivity contribution is 6.00. The van der Waals surface area contributed by atoms with Gasteiger partial charge in [0, 0.05) is 31.4 Å². The number of pyridine rings is 1. The van der Waals surface area contributed by atoms with Gasteiger partial charge in [-0.1, -0.05) is 0 Å². The zero-order valence-electron chi connectivity index (χ0n) is 24.2. The van der Waals surface area contributed by atoms with Crippen molar-refractivity contribution in [3.8, 4) is 0 Å². The maximum Gasteiger partial charge on any atom is 0.415 e. The van der Waals surface area contributed by atoms with Gasteiger partial charge in [-0.25, -0.2) is 9.78 Å². The molecule has 0 aliphatic heterocycles. The van der Waals surface area contributed by atoms with Gasteiger partial charge in [-0.2, -0.15) is 9.61 Å². The zero-order valence-corrected chi connectivity index (χ0v) is 24.2. The van der Waals surface area contributed by atoms with Gasteiger partial charge in [0.1, 0.15) is 28.5 Å². The Morgan fingerprint density at radius 2 is 2.02 bits per heavy atom. The number of anilines is 3. The van der Waals surface area contributed by atoms with Crippen molar-refractivity contribution < 1.29 is 19.4 Å². The molecule has 1 aliphatic carbocycles. The van der Waals surface area contributed by atoms with E-state index in [0.29, 0.717) is 12.8 Å². The number of amides is 2. The molecule has 3 aromatic heterocycles. The molecule has 4 rings (SSSR count). The number of hydrogen-bond donors (Lipinski definition) is 3. The molecule has 0 unspecified atom stereocenters. The van der Waals surface area contributed by atoms with E-state index in [2.05, 4.69) is 20.7 Å². The molecule has 3 N–H and O–H groups in total. The van der Waals surface area contributed by atoms with Crippen molar-refractivity contribution in [1.82, 2.24) is 24.5 Å². The van der Waals surface area contributed by atoms with E-state index < -0.39 is 23.2 Å². The third kappa shape index (κ3) is 6.44. The minimum absolute atomic E-state index is 0.0516. The van der Waals surface area contributed by atoms with Crippen LogP contribution in [0.5, 0.6) is 0 Å². The number of aromatic nitrogens is 4. The van der Waals surface area contributed by atoms with Crippen LogP contribution in [0.25, 0.3) is 5.65 Å². The van der Waals surface area contributed by atoms with Gasteiger partial charge in [0.05, 0.1) is 11.8 Å². The quantitative estimate of drug-likeness (QED) is 0.416. The predicted molar refractivity (Wildman–Crippen MR) is 152 cm³/mol. The van der Waals surface area contributed by atoms with Crippen molar-refractivity contribution in [2.24, 2.45) is 0 Å². The monoisotopic (exact) mass is 553 g/mol. The first-order valence-corrected chi connectivity index (χ1v) is 13.5. The van der Waals surface area contributed by atoms with Crippen molar-refractivity contribution in [2.45, 2.75) is 90.5 Å². The number of carbonyl (C=O) groups is 2. The summed E-state index contributed by atoms with van der Waals surface area (Å²) in [6, 6.07) is 4.71. The number of carbonyl (C=O) groups excluding carboxylic acids is 2. The molecule has 0 radical (unpaired) electrons. The van der Waals surface area contributed by atoms with Crippen LogP contribution in [0.15, 0.2) is 35.4 Å². The molecule has 12 nitrogen and oxygen atoms in total. The zero-order chi connectivity index (χ0) is 29.4. The topological polar surface area (TPSA) is 143 Å². The average Bonchev–Trinajstić information content (AvgIpc) is 3.26. The van der Waals surface area contributed by atoms with Gasteiger partial charge in [-0.05, 0) is 79.4 Å². The Labute approximate surface area is 233 Å². The minimum Gasteiger partial charge on any atom is -0.443 e. The van der Waals surface area contributed by atoms with Crippen LogP contribution in [0, 0.1) is 0 Å². The van der Waals surface area contributed by atoms with Crippen molar-refractivity contribution in [3.05, 3.63) is 46.5 Å². The second-order valence-corrected chi connectivity index (χ2v) is 11.9. The Morgan fingerprint density at radius 1 is 1.30 bits per heavy atom. The third-order valence-electron chi connectivity index (χ3n) is 6.79. The Hall–Kier alpha value is -3.93. The summed E-state index contributed by atoms with van der Waals surface area (Å²) in [5.74, 6) is 0.128. The number of nitrogens with one attached hydrogen (secondary N) is 2. The second kappa shape index (κ2) is 10.9. The summed E-state index contributed by atoms with van der Waals surface area (Å²) in [4.78, 5) is 45.3. The molecule has 40 heavy (non-hydrogen) atoms. The highest BCUT2D eigenvalue weighted by Gasteiger charge is 2.32. The predicted octanol–water partition coefficient (Wildman–Crippen LogP) is 4.01. The van der Waals surface area contributed by atoms with Crippen molar-refractivity contribution >= 4 is 35.0 Å². The molecule has 0 spiro atoms. The van der Waals surface area contributed by atoms with Crippen LogP contribution in [0.2, 0.25) is 0 Å². The van der Waals surface area contributed by atoms with E-state index in [1.54, 1.807) is 56.7 Å². The molecular weight excluding hydrogens is 514 g/mol. The van der Waals surface area contributed by atoms with Gasteiger partial charge in [-0.15, -0.1) is 0 Å². The minimum atomic E-state index is -0.839. The molecule has 3 aromatic rings. The van der Waals surface area contributed by atoms with Gasteiger partial charge in [0.25, 0.3) is 11.5 Å². The lowest BCUT2D eigenvalue weighted by atomic mass is 9.83. The molecule has 2 atom stereocenters. The second-order valence-electron chi connectivity index (χ2n) is 11.9. The van der Waals surface area contributed by atoms with Gasteiger partial charge in [-0.3, -0.25) is 14.5 Å². The van der Waals surface area contributed by atoms with Crippen molar-refractivity contribution in [1.29, 1.82) is 0 Å². The fraction of sp³-hybridized carbons (Fsp3) is 0.536. The molecular formula is C28H39N7O5. The van der Waals surface area contributed by atoms with Crippen LogP contribution in [0.3, 0.4) is 0 Å². The SMILES string of the molecule is CC(C)n1cccc(Nc2cc(N(C)C(=O)OC(C)(C)C)n3ncc(C(=O)N[C@@H]4CCC[C@@](C)(O)C4)c3n2)c1=O. The Morgan fingerprint density at radius 3 is 2.67 bits per heavy atom. The molecule has 1 aliphatic rings. The summed E-state index contributed by atoms with van der Waals surface area (Å²) in [5, 5.41) is 20.9. The van der Waals surface area contributed by atoms with E-state index in [4.69, 9.17) is 4.74 Å². The van der Waals surface area contributed by atoms with Gasteiger partial charge < -0.3 is 25.0 Å². The van der Waals surface area contributed by atoms with Gasteiger partial charge in [0.15, 0.2) is 5.65 Å². The molecule has 0 saturated heterocycles. The highest BCUT2D eigenvalue weighted by Crippen LogP contribution is 2.29. The number of rotatable bonds is 6. The van der Waals surface area contributed by atoms with E-state index in [0.717, 1.165) is 12.8 Å². The number of aliphatic hydroxyl groups is 1. The fourth-order valence-corrected chi connectivity index (χ4v) is 4.83. The summed E-state index contributed by atoms with van der Waals surface area (Å²) in [6.07, 6.45) is 5.16. The van der Waals surface area contributed by atoms with Crippen LogP contribution >= 0.6 is 0 Å². The van der Waals surface area contributed by atoms with E-state index in [9.17, 15) is 19.5 Å². The summed E-state index contributed by atoms with van der Waals surface area (Å²) in [7, 11) is 1.53. The first kappa shape index (κ1) is 29.1. The van der Waals surface area contributed by atoms with Crippen molar-refractivity contribution in [2.75, 3.05) is 17.3 Å². The molecule has 3 heterocycles. The lowest BCUT2D eigenvalue weighted by molar-refractivity contribution is 0.0106. The third-order valence-corrected chi connectivity index (χ3v) is 6.79. The molecule has 0 bridgehead atoms. The summed E-state index contributed by atoms with van der Waals surface area (Å²) >= 11 is 0. The van der Waals surface area contributed by atoms with E-state index in [1.165, 1.54) is 22.7 Å². The molecule has 1 fully saturated rings. The van der Waals surface area contributed by atoms with Crippen molar-refractivity contribution in [3.63, 3.8) is 0 Å². The van der Waals surface area contributed by atoms with Crippen LogP contribution in [0.1, 0.15) is 83.6 Å². The molecule has 2 amide bonds. The largest absolute Gasteiger partial charge is 0.443 e. The first-order valence-electron chi connectivity index (χ1n) is 13.5. The smallest absolute Gasteiger partial charge is 0.415 e. The maximum atomic E-state index is 13.4. The number of fused-ring (bicyclic) bond motifs is 1. The Kier molecular flexibility index (Phi) is 7.93. The highest BCUT2D eigenvalue weighted by atomic mass is 16.6. The van der Waals surface area contributed by atoms with Gasteiger partial charge >= 0.3 is 6.09 Å². The van der Waals surface area contributed by atoms with Crippen LogP contribution in [-0.2, 0) is 4.74 Å². The number of hydrogen-bond acceptors (Lipinski definition) is 8. The Balaban J connectivity index is 1.76. The normalized spacial score (nSPS) is 19.5. The van der Waals surface area contributed by atoms with E-state index >= 15 is 0 Å². The lowest BCUT2D eigenvalue weighted by Crippen LogP contribution is -2.44. The maximum absolute atomic E-state index is 13.4. The molecule has 216 valence electrons. The summed E-state index contributed by atoms with van der Waals surface area (Å²) in [6.45, 7) is 10.9. The van der Waals surface area contributed by atoms with Crippen LogP contribution in [-0.4, -0.2) is 60.6 Å². The summed E-state index contributed by atoms with van der Waals surface area (Å²) in [5.41, 5.74) is -1.14. The molecule has 0 aromatic carbocycles. The number of nitrogens with zero attached hydrogens (tertiary/aromatic N) is 5. The Bertz CT molecular complexity index is 1470. The van der Waals surface area contributed by atoms with E-state index in [-0.39, 0.29) is 46.2 Å². The van der Waals surface area contributed by atoms with E-state index in [1.807, 2.05) is 13.8 Å². The average molecular weight is 554 g/mol. The fourth-order valence-electron chi connectivity index (χ4n) is 4.83. The first-order chi connectivity index (χ1) is 18.6. The summed E-state index contributed by atoms with van der Waals surface area (Å²) < 4.78 is 8.52. The standard InChI is InChI=1S/C28H39N7O5/c1-17(2)34-13-9-11-20(25(34)37)31-21-14-22(33(7)26(38)40-27(3,4)5)35-23(32-21)19(16-29-35)24(36)30-18-10-8-12-28(6,39)15-18/h9,11,13-14,16-18,39H,8,10,12,15H2,1-7H3,(H,30,36)(H,31,32)/t18-,28-/m1/s1.